The summed E-state index contributed by atoms with van der Waals surface area (Å²) >= 11 is 0. The number of rotatable bonds is 5. The summed E-state index contributed by atoms with van der Waals surface area (Å²) in [5.74, 6) is 0. The zero-order chi connectivity index (χ0) is 12.1. The minimum absolute atomic E-state index is 0.457. The van der Waals surface area contributed by atoms with Gasteiger partial charge in [-0.15, -0.1) is 0 Å². The molecule has 0 saturated carbocycles. The van der Waals surface area contributed by atoms with Crippen LogP contribution < -0.4 is 5.32 Å². The maximum Gasteiger partial charge on any atom is 0.0294 e. The smallest absolute Gasteiger partial charge is 0.0294 e. The van der Waals surface area contributed by atoms with E-state index in [4.69, 9.17) is 0 Å². The van der Waals surface area contributed by atoms with Crippen LogP contribution in [-0.2, 0) is 0 Å². The molecule has 0 radical (unpaired) electrons. The van der Waals surface area contributed by atoms with Crippen molar-refractivity contribution in [3.05, 3.63) is 35.4 Å². The van der Waals surface area contributed by atoms with Gasteiger partial charge in [-0.2, -0.15) is 0 Å². The normalized spacial score (nSPS) is 18.5. The Labute approximate surface area is 105 Å². The minimum atomic E-state index is 0.457. The average Bonchev–Trinajstić information content (AvgIpc) is 2.82. The molecule has 1 aliphatic rings. The highest BCUT2D eigenvalue weighted by molar-refractivity contribution is 5.28. The lowest BCUT2D eigenvalue weighted by Crippen LogP contribution is -2.31. The SMILES string of the molecule is Cc1ccccc1C(C)NCCN1CCCC1. The first-order chi connectivity index (χ1) is 8.27. The lowest BCUT2D eigenvalue weighted by molar-refractivity contribution is 0.329. The molecule has 1 aliphatic heterocycles. The Hall–Kier alpha value is -0.860. The van der Waals surface area contributed by atoms with E-state index in [-0.39, 0.29) is 0 Å². The number of hydrogen-bond acceptors (Lipinski definition) is 2. The van der Waals surface area contributed by atoms with Crippen molar-refractivity contribution in [3.8, 4) is 0 Å². The van der Waals surface area contributed by atoms with Crippen LogP contribution in [0.3, 0.4) is 0 Å². The van der Waals surface area contributed by atoms with Crippen molar-refractivity contribution in [3.63, 3.8) is 0 Å². The highest BCUT2D eigenvalue weighted by atomic mass is 15.1. The predicted octanol–water partition coefficient (Wildman–Crippen LogP) is 2.74. The highest BCUT2D eigenvalue weighted by Crippen LogP contribution is 2.16. The summed E-state index contributed by atoms with van der Waals surface area (Å²) in [5, 5.41) is 3.62. The Kier molecular flexibility index (Phi) is 4.57. The molecule has 0 aromatic heterocycles. The Morgan fingerprint density at radius 2 is 1.94 bits per heavy atom. The number of nitrogens with one attached hydrogen (secondary N) is 1. The van der Waals surface area contributed by atoms with Gasteiger partial charge in [-0.1, -0.05) is 24.3 Å². The van der Waals surface area contributed by atoms with Gasteiger partial charge >= 0.3 is 0 Å². The van der Waals surface area contributed by atoms with Gasteiger partial charge in [0.2, 0.25) is 0 Å². The van der Waals surface area contributed by atoms with E-state index in [1.165, 1.54) is 43.6 Å². The quantitative estimate of drug-likeness (QED) is 0.840. The van der Waals surface area contributed by atoms with E-state index < -0.39 is 0 Å². The van der Waals surface area contributed by atoms with Crippen molar-refractivity contribution in [1.82, 2.24) is 10.2 Å². The summed E-state index contributed by atoms with van der Waals surface area (Å²) in [6, 6.07) is 9.10. The fourth-order valence-corrected chi connectivity index (χ4v) is 2.63. The number of hydrogen-bond donors (Lipinski definition) is 1. The van der Waals surface area contributed by atoms with Gasteiger partial charge in [0, 0.05) is 19.1 Å². The van der Waals surface area contributed by atoms with Gasteiger partial charge in [-0.05, 0) is 50.9 Å². The van der Waals surface area contributed by atoms with Gasteiger partial charge in [-0.25, -0.2) is 0 Å². The first-order valence-electron chi connectivity index (χ1n) is 6.78. The second-order valence-corrected chi connectivity index (χ2v) is 5.08. The number of likely N-dealkylation sites (tertiary alicyclic amines) is 1. The topological polar surface area (TPSA) is 15.3 Å². The third-order valence-electron chi connectivity index (χ3n) is 3.73. The van der Waals surface area contributed by atoms with Gasteiger partial charge in [0.05, 0.1) is 0 Å². The molecule has 0 spiro atoms. The third-order valence-corrected chi connectivity index (χ3v) is 3.73. The Balaban J connectivity index is 1.77. The summed E-state index contributed by atoms with van der Waals surface area (Å²) < 4.78 is 0. The largest absolute Gasteiger partial charge is 0.309 e. The monoisotopic (exact) mass is 232 g/mol. The first kappa shape index (κ1) is 12.6. The average molecular weight is 232 g/mol. The van der Waals surface area contributed by atoms with Crippen molar-refractivity contribution in [1.29, 1.82) is 0 Å². The molecule has 1 saturated heterocycles. The van der Waals surface area contributed by atoms with E-state index >= 15 is 0 Å². The van der Waals surface area contributed by atoms with Gasteiger partial charge in [0.1, 0.15) is 0 Å². The standard InChI is InChI=1S/C15H24N2/c1-13-7-3-4-8-15(13)14(2)16-9-12-17-10-5-6-11-17/h3-4,7-8,14,16H,5-6,9-12H2,1-2H3. The summed E-state index contributed by atoms with van der Waals surface area (Å²) in [6.45, 7) is 9.31. The van der Waals surface area contributed by atoms with Crippen molar-refractivity contribution in [2.45, 2.75) is 32.7 Å². The maximum absolute atomic E-state index is 3.62. The van der Waals surface area contributed by atoms with E-state index in [2.05, 4.69) is 48.3 Å². The Morgan fingerprint density at radius 1 is 1.24 bits per heavy atom. The van der Waals surface area contributed by atoms with E-state index in [9.17, 15) is 0 Å². The Bertz CT molecular complexity index is 343. The molecule has 2 nitrogen and oxygen atoms in total. The summed E-state index contributed by atoms with van der Waals surface area (Å²) in [6.07, 6.45) is 2.76. The second kappa shape index (κ2) is 6.18. The van der Waals surface area contributed by atoms with Crippen LogP contribution in [0.4, 0.5) is 0 Å². The van der Waals surface area contributed by atoms with Crippen LogP contribution in [0.2, 0.25) is 0 Å². The molecule has 94 valence electrons. The summed E-state index contributed by atoms with van der Waals surface area (Å²) in [7, 11) is 0. The summed E-state index contributed by atoms with van der Waals surface area (Å²) in [4.78, 5) is 2.55. The van der Waals surface area contributed by atoms with Gasteiger partial charge in [-0.3, -0.25) is 0 Å². The molecule has 0 aliphatic carbocycles. The second-order valence-electron chi connectivity index (χ2n) is 5.08. The highest BCUT2D eigenvalue weighted by Gasteiger charge is 2.12. The van der Waals surface area contributed by atoms with Crippen LogP contribution in [0.1, 0.15) is 36.9 Å². The molecule has 1 unspecified atom stereocenters. The molecular formula is C15H24N2. The number of benzene rings is 1. The molecule has 1 aromatic carbocycles. The molecular weight excluding hydrogens is 208 g/mol. The third kappa shape index (κ3) is 3.55. The lowest BCUT2D eigenvalue weighted by atomic mass is 10.0. The maximum atomic E-state index is 3.62. The fraction of sp³-hybridized carbons (Fsp3) is 0.600. The molecule has 1 aromatic rings. The molecule has 1 atom stereocenters. The molecule has 1 heterocycles. The van der Waals surface area contributed by atoms with E-state index in [1.807, 2.05) is 0 Å². The van der Waals surface area contributed by atoms with Crippen LogP contribution in [-0.4, -0.2) is 31.1 Å². The number of aryl methyl sites for hydroxylation is 1. The summed E-state index contributed by atoms with van der Waals surface area (Å²) in [5.41, 5.74) is 2.81. The van der Waals surface area contributed by atoms with Crippen LogP contribution in [0, 0.1) is 6.92 Å². The van der Waals surface area contributed by atoms with Crippen molar-refractivity contribution in [2.24, 2.45) is 0 Å². The van der Waals surface area contributed by atoms with Crippen molar-refractivity contribution >= 4 is 0 Å². The van der Waals surface area contributed by atoms with Crippen molar-refractivity contribution in [2.75, 3.05) is 26.2 Å². The first-order valence-corrected chi connectivity index (χ1v) is 6.78. The van der Waals surface area contributed by atoms with Crippen LogP contribution in [0.15, 0.2) is 24.3 Å². The molecule has 1 N–H and O–H groups in total. The van der Waals surface area contributed by atoms with Crippen LogP contribution in [0.25, 0.3) is 0 Å². The van der Waals surface area contributed by atoms with E-state index in [1.54, 1.807) is 0 Å². The molecule has 0 bridgehead atoms. The minimum Gasteiger partial charge on any atom is -0.309 e. The van der Waals surface area contributed by atoms with Crippen LogP contribution >= 0.6 is 0 Å². The zero-order valence-corrected chi connectivity index (χ0v) is 11.1. The van der Waals surface area contributed by atoms with Gasteiger partial charge in [0.15, 0.2) is 0 Å². The van der Waals surface area contributed by atoms with Crippen molar-refractivity contribution < 1.29 is 0 Å². The number of nitrogens with zero attached hydrogens (tertiary/aromatic N) is 1. The van der Waals surface area contributed by atoms with E-state index in [0.29, 0.717) is 6.04 Å². The molecule has 0 amide bonds. The van der Waals surface area contributed by atoms with Crippen LogP contribution in [0.5, 0.6) is 0 Å². The molecule has 17 heavy (non-hydrogen) atoms. The fourth-order valence-electron chi connectivity index (χ4n) is 2.63. The van der Waals surface area contributed by atoms with Gasteiger partial charge in [0.25, 0.3) is 0 Å². The zero-order valence-electron chi connectivity index (χ0n) is 11.1. The molecule has 2 rings (SSSR count). The Morgan fingerprint density at radius 3 is 2.65 bits per heavy atom. The van der Waals surface area contributed by atoms with Gasteiger partial charge < -0.3 is 10.2 Å². The predicted molar refractivity (Wildman–Crippen MR) is 73.3 cm³/mol. The lowest BCUT2D eigenvalue weighted by Gasteiger charge is -2.19. The molecule has 1 fully saturated rings. The van der Waals surface area contributed by atoms with E-state index in [0.717, 1.165) is 6.54 Å². The molecule has 2 heteroatoms.